The van der Waals surface area contributed by atoms with Crippen molar-refractivity contribution in [3.05, 3.63) is 71.8 Å². The second-order valence-corrected chi connectivity index (χ2v) is 7.19. The molecule has 0 radical (unpaired) electrons. The molecule has 2 rings (SSSR count). The van der Waals surface area contributed by atoms with Crippen molar-refractivity contribution in [3.63, 3.8) is 0 Å². The Morgan fingerprint density at radius 2 is 1.48 bits per heavy atom. The van der Waals surface area contributed by atoms with E-state index in [1.165, 1.54) is 11.1 Å². The van der Waals surface area contributed by atoms with Crippen LogP contribution in [0.2, 0.25) is 0 Å². The van der Waals surface area contributed by atoms with Crippen LogP contribution in [-0.4, -0.2) is 40.3 Å². The molecule has 112 valence electrons. The Bertz CT molecular complexity index is 487. The van der Waals surface area contributed by atoms with Gasteiger partial charge in [-0.1, -0.05) is 0 Å². The van der Waals surface area contributed by atoms with Gasteiger partial charge in [-0.2, -0.15) is 0 Å². The molecule has 0 fully saturated rings. The molecule has 0 spiro atoms. The minimum atomic E-state index is 0.301. The monoisotopic (exact) mass is 350 g/mol. The minimum absolute atomic E-state index is 0.301. The molecule has 1 unspecified atom stereocenters. The summed E-state index contributed by atoms with van der Waals surface area (Å²) in [4.78, 5) is 0. The van der Waals surface area contributed by atoms with Gasteiger partial charge in [-0.25, -0.2) is 0 Å². The molecule has 0 aliphatic heterocycles. The van der Waals surface area contributed by atoms with E-state index in [1.54, 1.807) is 7.11 Å². The van der Waals surface area contributed by atoms with Crippen LogP contribution >= 0.6 is 0 Å². The Morgan fingerprint density at radius 3 is 2.10 bits per heavy atom. The third-order valence-electron chi connectivity index (χ3n) is 3.12. The number of methoxy groups -OCH3 is 1. The molecule has 2 aromatic rings. The zero-order valence-corrected chi connectivity index (χ0v) is 14.1. The van der Waals surface area contributed by atoms with Crippen molar-refractivity contribution in [1.82, 2.24) is 0 Å². The van der Waals surface area contributed by atoms with Gasteiger partial charge in [0.1, 0.15) is 0 Å². The molecule has 1 atom stereocenters. The molecule has 0 aromatic heterocycles. The third-order valence-corrected chi connectivity index (χ3v) is 5.58. The number of ether oxygens (including phenoxy) is 2. The SMILES string of the molecule is COCCOC(Cc1ccccc1)[Se]Cc1ccccc1. The maximum atomic E-state index is 6.01. The first-order chi connectivity index (χ1) is 10.4. The van der Waals surface area contributed by atoms with Crippen molar-refractivity contribution in [2.45, 2.75) is 16.7 Å². The molecule has 0 amide bonds. The normalized spacial score (nSPS) is 12.2. The molecular weight excluding hydrogens is 327 g/mol. The summed E-state index contributed by atoms with van der Waals surface area (Å²) in [6, 6.07) is 21.2. The molecule has 0 aliphatic carbocycles. The zero-order chi connectivity index (χ0) is 14.8. The van der Waals surface area contributed by atoms with Crippen LogP contribution < -0.4 is 0 Å². The standard InChI is InChI=1S/C18H22O2Se/c1-19-12-13-20-18(14-16-8-4-2-5-9-16)21-15-17-10-6-3-7-11-17/h2-11,18H,12-15H2,1H3. The fourth-order valence-electron chi connectivity index (χ4n) is 2.00. The summed E-state index contributed by atoms with van der Waals surface area (Å²) in [6.07, 6.45) is 0.984. The van der Waals surface area contributed by atoms with E-state index in [0.717, 1.165) is 11.7 Å². The predicted molar refractivity (Wildman–Crippen MR) is 87.7 cm³/mol. The molecule has 0 saturated carbocycles. The summed E-state index contributed by atoms with van der Waals surface area (Å²) in [7, 11) is 1.71. The van der Waals surface area contributed by atoms with Crippen LogP contribution in [0.4, 0.5) is 0 Å². The summed E-state index contributed by atoms with van der Waals surface area (Å²) < 4.78 is 11.1. The maximum absolute atomic E-state index is 6.01. The van der Waals surface area contributed by atoms with Crippen LogP contribution in [0, 0.1) is 0 Å². The van der Waals surface area contributed by atoms with Gasteiger partial charge in [0.25, 0.3) is 0 Å². The summed E-state index contributed by atoms with van der Waals surface area (Å²) in [6.45, 7) is 1.33. The summed E-state index contributed by atoms with van der Waals surface area (Å²) in [5, 5.41) is 1.41. The number of hydrogen-bond donors (Lipinski definition) is 0. The van der Waals surface area contributed by atoms with Crippen molar-refractivity contribution in [2.24, 2.45) is 0 Å². The van der Waals surface area contributed by atoms with Crippen molar-refractivity contribution >= 4 is 15.0 Å². The third kappa shape index (κ3) is 6.45. The van der Waals surface area contributed by atoms with Gasteiger partial charge in [-0.05, 0) is 0 Å². The Kier molecular flexibility index (Phi) is 7.55. The first-order valence-electron chi connectivity index (χ1n) is 7.18. The molecule has 0 saturated heterocycles. The van der Waals surface area contributed by atoms with Gasteiger partial charge in [-0.3, -0.25) is 0 Å². The molecule has 3 heteroatoms. The van der Waals surface area contributed by atoms with Gasteiger partial charge in [0, 0.05) is 0 Å². The van der Waals surface area contributed by atoms with Crippen LogP contribution in [0.1, 0.15) is 11.1 Å². The summed E-state index contributed by atoms with van der Waals surface area (Å²) >= 11 is 0.422. The topological polar surface area (TPSA) is 18.5 Å². The van der Waals surface area contributed by atoms with E-state index in [1.807, 2.05) is 0 Å². The van der Waals surface area contributed by atoms with E-state index < -0.39 is 0 Å². The average Bonchev–Trinajstić information content (AvgIpc) is 2.54. The van der Waals surface area contributed by atoms with Crippen LogP contribution in [-0.2, 0) is 21.2 Å². The van der Waals surface area contributed by atoms with Crippen molar-refractivity contribution in [2.75, 3.05) is 20.3 Å². The van der Waals surface area contributed by atoms with Gasteiger partial charge in [-0.15, -0.1) is 0 Å². The van der Waals surface area contributed by atoms with Crippen LogP contribution in [0.25, 0.3) is 0 Å². The van der Waals surface area contributed by atoms with E-state index >= 15 is 0 Å². The van der Waals surface area contributed by atoms with E-state index in [2.05, 4.69) is 60.7 Å². The molecule has 0 N–H and O–H groups in total. The van der Waals surface area contributed by atoms with Gasteiger partial charge in [0.15, 0.2) is 0 Å². The number of rotatable bonds is 9. The van der Waals surface area contributed by atoms with Gasteiger partial charge >= 0.3 is 133 Å². The van der Waals surface area contributed by atoms with E-state index in [-0.39, 0.29) is 0 Å². The van der Waals surface area contributed by atoms with E-state index in [0.29, 0.717) is 33.2 Å². The number of benzene rings is 2. The van der Waals surface area contributed by atoms with Crippen LogP contribution in [0.5, 0.6) is 0 Å². The second kappa shape index (κ2) is 9.75. The predicted octanol–water partition coefficient (Wildman–Crippen LogP) is 3.12. The van der Waals surface area contributed by atoms with E-state index in [4.69, 9.17) is 9.47 Å². The Morgan fingerprint density at radius 1 is 0.857 bits per heavy atom. The summed E-state index contributed by atoms with van der Waals surface area (Å²) in [5.41, 5.74) is 2.74. The molecular formula is C18H22O2Se. The fourth-order valence-corrected chi connectivity index (χ4v) is 4.25. The second-order valence-electron chi connectivity index (χ2n) is 4.78. The van der Waals surface area contributed by atoms with Crippen molar-refractivity contribution in [1.29, 1.82) is 0 Å². The molecule has 21 heavy (non-hydrogen) atoms. The number of hydrogen-bond acceptors (Lipinski definition) is 2. The molecule has 0 heterocycles. The zero-order valence-electron chi connectivity index (χ0n) is 12.4. The molecule has 0 bridgehead atoms. The first kappa shape index (κ1) is 16.3. The molecule has 2 nitrogen and oxygen atoms in total. The molecule has 0 aliphatic rings. The van der Waals surface area contributed by atoms with Crippen molar-refractivity contribution < 1.29 is 9.47 Å². The van der Waals surface area contributed by atoms with E-state index in [9.17, 15) is 0 Å². The van der Waals surface area contributed by atoms with Crippen molar-refractivity contribution in [3.8, 4) is 0 Å². The Hall–Kier alpha value is -1.12. The van der Waals surface area contributed by atoms with Crippen LogP contribution in [0.3, 0.4) is 0 Å². The van der Waals surface area contributed by atoms with Gasteiger partial charge < -0.3 is 0 Å². The quantitative estimate of drug-likeness (QED) is 0.512. The Balaban J connectivity index is 1.88. The van der Waals surface area contributed by atoms with Gasteiger partial charge in [0.05, 0.1) is 0 Å². The average molecular weight is 349 g/mol. The first-order valence-corrected chi connectivity index (χ1v) is 9.38. The summed E-state index contributed by atoms with van der Waals surface area (Å²) in [5.74, 6) is 0. The Labute approximate surface area is 133 Å². The van der Waals surface area contributed by atoms with Gasteiger partial charge in [0.2, 0.25) is 0 Å². The fraction of sp³-hybridized carbons (Fsp3) is 0.333. The van der Waals surface area contributed by atoms with Crippen LogP contribution in [0.15, 0.2) is 60.7 Å². The molecule has 2 aromatic carbocycles.